The minimum Gasteiger partial charge on any atom is -0.490 e. The average Bonchev–Trinajstić information content (AvgIpc) is 2.72. The predicted octanol–water partition coefficient (Wildman–Crippen LogP) is 1.12. The lowest BCUT2D eigenvalue weighted by Gasteiger charge is -2.28. The lowest BCUT2D eigenvalue weighted by Crippen LogP contribution is -2.44. The maximum absolute atomic E-state index is 5.81. The summed E-state index contributed by atoms with van der Waals surface area (Å²) in [5, 5.41) is 3.33. The molecule has 0 amide bonds. The van der Waals surface area contributed by atoms with Gasteiger partial charge in [0.15, 0.2) is 17.3 Å². The van der Waals surface area contributed by atoms with Gasteiger partial charge in [0.05, 0.1) is 0 Å². The number of hydrogen-bond donors (Lipinski definition) is 1. The van der Waals surface area contributed by atoms with E-state index in [0.717, 1.165) is 43.5 Å². The Kier molecular flexibility index (Phi) is 5.20. The molecule has 4 rings (SSSR count). The van der Waals surface area contributed by atoms with Crippen LogP contribution in [0.4, 0.5) is 5.82 Å². The predicted molar refractivity (Wildman–Crippen MR) is 95.5 cm³/mol. The van der Waals surface area contributed by atoms with E-state index in [-0.39, 0.29) is 0 Å². The van der Waals surface area contributed by atoms with Gasteiger partial charge in [-0.2, -0.15) is 0 Å². The third kappa shape index (κ3) is 3.91. The van der Waals surface area contributed by atoms with E-state index in [9.17, 15) is 0 Å². The summed E-state index contributed by atoms with van der Waals surface area (Å²) in [5.74, 6) is 3.51. The molecule has 0 bridgehead atoms. The standard InChI is InChI=1S/C18H22N4O4/c1-2-15-16(25-11-10-24-15)13-14(1)23-9-12-26-18-17(20-3-4-21-18)22-7-5-19-6-8-22/h1-4,13,19H,5-12H2. The van der Waals surface area contributed by atoms with E-state index in [1.54, 1.807) is 12.4 Å². The molecule has 26 heavy (non-hydrogen) atoms. The number of piperazine rings is 1. The van der Waals surface area contributed by atoms with Gasteiger partial charge in [-0.05, 0) is 12.1 Å². The Morgan fingerprint density at radius 1 is 0.962 bits per heavy atom. The molecule has 8 nitrogen and oxygen atoms in total. The van der Waals surface area contributed by atoms with Crippen LogP contribution in [0.5, 0.6) is 23.1 Å². The van der Waals surface area contributed by atoms with Crippen molar-refractivity contribution < 1.29 is 18.9 Å². The van der Waals surface area contributed by atoms with Gasteiger partial charge < -0.3 is 29.2 Å². The molecule has 0 atom stereocenters. The molecule has 1 saturated heterocycles. The largest absolute Gasteiger partial charge is 0.490 e. The number of anilines is 1. The van der Waals surface area contributed by atoms with Crippen molar-refractivity contribution in [3.8, 4) is 23.1 Å². The number of aromatic nitrogens is 2. The van der Waals surface area contributed by atoms with Crippen LogP contribution in [-0.2, 0) is 0 Å². The highest BCUT2D eigenvalue weighted by atomic mass is 16.6. The number of nitrogens with zero attached hydrogens (tertiary/aromatic N) is 3. The lowest BCUT2D eigenvalue weighted by molar-refractivity contribution is 0.169. The van der Waals surface area contributed by atoms with Crippen LogP contribution in [0, 0.1) is 0 Å². The Balaban J connectivity index is 1.31. The Labute approximate surface area is 152 Å². The molecule has 2 aliphatic rings. The van der Waals surface area contributed by atoms with E-state index >= 15 is 0 Å². The minimum atomic E-state index is 0.381. The number of benzene rings is 1. The van der Waals surface area contributed by atoms with E-state index in [1.165, 1.54) is 0 Å². The van der Waals surface area contributed by atoms with Gasteiger partial charge in [-0.3, -0.25) is 0 Å². The summed E-state index contributed by atoms with van der Waals surface area (Å²) in [6.45, 7) is 5.57. The van der Waals surface area contributed by atoms with Gasteiger partial charge in [-0.1, -0.05) is 0 Å². The normalized spacial score (nSPS) is 16.2. The summed E-state index contributed by atoms with van der Waals surface area (Å²) in [5.41, 5.74) is 0. The summed E-state index contributed by atoms with van der Waals surface area (Å²) in [6.07, 6.45) is 3.33. The molecular weight excluding hydrogens is 336 g/mol. The van der Waals surface area contributed by atoms with Crippen molar-refractivity contribution in [2.24, 2.45) is 0 Å². The summed E-state index contributed by atoms with van der Waals surface area (Å²) < 4.78 is 22.6. The van der Waals surface area contributed by atoms with Gasteiger partial charge >= 0.3 is 0 Å². The second-order valence-corrected chi connectivity index (χ2v) is 5.92. The molecule has 8 heteroatoms. The van der Waals surface area contributed by atoms with Crippen LogP contribution in [0.25, 0.3) is 0 Å². The van der Waals surface area contributed by atoms with Crippen molar-refractivity contribution >= 4 is 5.82 Å². The fourth-order valence-corrected chi connectivity index (χ4v) is 2.92. The van der Waals surface area contributed by atoms with Gasteiger partial charge in [0.2, 0.25) is 0 Å². The Bertz CT molecular complexity index is 737. The van der Waals surface area contributed by atoms with Crippen molar-refractivity contribution in [1.29, 1.82) is 0 Å². The van der Waals surface area contributed by atoms with E-state index in [4.69, 9.17) is 18.9 Å². The SMILES string of the molecule is c1cnc(N2CCNCC2)c(OCCOc2ccc3c(c2)OCCO3)n1. The fourth-order valence-electron chi connectivity index (χ4n) is 2.92. The highest BCUT2D eigenvalue weighted by molar-refractivity contribution is 5.48. The summed E-state index contributed by atoms with van der Waals surface area (Å²) in [4.78, 5) is 10.9. The third-order valence-electron chi connectivity index (χ3n) is 4.17. The van der Waals surface area contributed by atoms with Crippen LogP contribution in [0.1, 0.15) is 0 Å². The molecule has 138 valence electrons. The lowest BCUT2D eigenvalue weighted by atomic mass is 10.3. The Morgan fingerprint density at radius 2 is 1.73 bits per heavy atom. The second kappa shape index (κ2) is 8.09. The number of hydrogen-bond acceptors (Lipinski definition) is 8. The van der Waals surface area contributed by atoms with Gasteiger partial charge in [0.1, 0.15) is 32.2 Å². The summed E-state index contributed by atoms with van der Waals surface area (Å²) >= 11 is 0. The van der Waals surface area contributed by atoms with Crippen LogP contribution in [-0.4, -0.2) is 62.6 Å². The van der Waals surface area contributed by atoms with Gasteiger partial charge in [-0.15, -0.1) is 0 Å². The maximum atomic E-state index is 5.81. The zero-order chi connectivity index (χ0) is 17.6. The zero-order valence-electron chi connectivity index (χ0n) is 14.5. The Hall–Kier alpha value is -2.74. The number of fused-ring (bicyclic) bond motifs is 1. The molecule has 1 N–H and O–H groups in total. The molecule has 2 aliphatic heterocycles. The monoisotopic (exact) mass is 358 g/mol. The zero-order valence-corrected chi connectivity index (χ0v) is 14.5. The smallest absolute Gasteiger partial charge is 0.257 e. The fraction of sp³-hybridized carbons (Fsp3) is 0.444. The first-order chi connectivity index (χ1) is 12.9. The Morgan fingerprint density at radius 3 is 2.62 bits per heavy atom. The van der Waals surface area contributed by atoms with E-state index < -0.39 is 0 Å². The van der Waals surface area contributed by atoms with Gasteiger partial charge in [0, 0.05) is 44.6 Å². The van der Waals surface area contributed by atoms with Gasteiger partial charge in [0.25, 0.3) is 5.88 Å². The molecule has 0 aliphatic carbocycles. The third-order valence-corrected chi connectivity index (χ3v) is 4.17. The summed E-state index contributed by atoms with van der Waals surface area (Å²) in [6, 6.07) is 5.56. The highest BCUT2D eigenvalue weighted by Crippen LogP contribution is 2.33. The van der Waals surface area contributed by atoms with Crippen molar-refractivity contribution in [1.82, 2.24) is 15.3 Å². The van der Waals surface area contributed by atoms with Crippen LogP contribution in [0.15, 0.2) is 30.6 Å². The second-order valence-electron chi connectivity index (χ2n) is 5.92. The van der Waals surface area contributed by atoms with E-state index in [2.05, 4.69) is 20.2 Å². The molecule has 1 aromatic carbocycles. The maximum Gasteiger partial charge on any atom is 0.257 e. The number of ether oxygens (including phenoxy) is 4. The van der Waals surface area contributed by atoms with Crippen molar-refractivity contribution in [2.75, 3.05) is 57.5 Å². The van der Waals surface area contributed by atoms with Crippen molar-refractivity contribution in [3.05, 3.63) is 30.6 Å². The topological polar surface area (TPSA) is 78.0 Å². The van der Waals surface area contributed by atoms with Crippen molar-refractivity contribution in [3.63, 3.8) is 0 Å². The van der Waals surface area contributed by atoms with Gasteiger partial charge in [-0.25, -0.2) is 9.97 Å². The van der Waals surface area contributed by atoms with Crippen molar-refractivity contribution in [2.45, 2.75) is 0 Å². The first-order valence-corrected chi connectivity index (χ1v) is 8.82. The van der Waals surface area contributed by atoms with Crippen LogP contribution in [0.2, 0.25) is 0 Å². The molecule has 2 aromatic rings. The van der Waals surface area contributed by atoms with E-state index in [1.807, 2.05) is 18.2 Å². The highest BCUT2D eigenvalue weighted by Gasteiger charge is 2.17. The molecule has 3 heterocycles. The molecular formula is C18H22N4O4. The molecule has 0 unspecified atom stereocenters. The molecule has 0 spiro atoms. The van der Waals surface area contributed by atoms with Crippen LogP contribution < -0.4 is 29.2 Å². The molecule has 1 fully saturated rings. The minimum absolute atomic E-state index is 0.381. The molecule has 0 radical (unpaired) electrons. The molecule has 1 aromatic heterocycles. The number of rotatable bonds is 6. The first kappa shape index (κ1) is 16.7. The summed E-state index contributed by atoms with van der Waals surface area (Å²) in [7, 11) is 0. The van der Waals surface area contributed by atoms with Crippen LogP contribution in [0.3, 0.4) is 0 Å². The van der Waals surface area contributed by atoms with Crippen LogP contribution >= 0.6 is 0 Å². The average molecular weight is 358 g/mol. The van der Waals surface area contributed by atoms with E-state index in [0.29, 0.717) is 38.1 Å². The molecule has 0 saturated carbocycles. The quantitative estimate of drug-likeness (QED) is 0.770. The number of nitrogens with one attached hydrogen (secondary N) is 1. The first-order valence-electron chi connectivity index (χ1n) is 8.82.